The zero-order valence-corrected chi connectivity index (χ0v) is 9.59. The quantitative estimate of drug-likeness (QED) is 0.742. The Morgan fingerprint density at radius 1 is 1.07 bits per heavy atom. The molecule has 0 aromatic heterocycles. The SMILES string of the molecule is Brc1ccc(C2=CCCOCC2)cc1. The van der Waals surface area contributed by atoms with Crippen LogP contribution >= 0.6 is 15.9 Å². The van der Waals surface area contributed by atoms with Crippen molar-refractivity contribution in [3.8, 4) is 0 Å². The Kier molecular flexibility index (Phi) is 3.38. The van der Waals surface area contributed by atoms with Gasteiger partial charge in [-0.1, -0.05) is 34.1 Å². The van der Waals surface area contributed by atoms with Crippen molar-refractivity contribution in [1.29, 1.82) is 0 Å². The van der Waals surface area contributed by atoms with Gasteiger partial charge in [-0.2, -0.15) is 0 Å². The minimum atomic E-state index is 0.849. The maximum atomic E-state index is 5.41. The van der Waals surface area contributed by atoms with Crippen LogP contribution in [0, 0.1) is 0 Å². The zero-order chi connectivity index (χ0) is 9.80. The standard InChI is InChI=1S/C12H13BrO/c13-12-5-3-11(4-6-12)10-2-1-8-14-9-7-10/h2-6H,1,7-9H2. The predicted molar refractivity (Wildman–Crippen MR) is 62.2 cm³/mol. The molecule has 1 aromatic rings. The highest BCUT2D eigenvalue weighted by Gasteiger charge is 2.04. The van der Waals surface area contributed by atoms with E-state index in [4.69, 9.17) is 4.74 Å². The van der Waals surface area contributed by atoms with Crippen molar-refractivity contribution in [2.24, 2.45) is 0 Å². The first-order valence-corrected chi connectivity index (χ1v) is 5.68. The molecule has 2 heteroatoms. The minimum Gasteiger partial charge on any atom is -0.381 e. The van der Waals surface area contributed by atoms with E-state index >= 15 is 0 Å². The van der Waals surface area contributed by atoms with E-state index in [1.54, 1.807) is 0 Å². The molecule has 1 aliphatic rings. The fraction of sp³-hybridized carbons (Fsp3) is 0.333. The Labute approximate surface area is 92.9 Å². The second kappa shape index (κ2) is 4.76. The number of hydrogen-bond acceptors (Lipinski definition) is 1. The van der Waals surface area contributed by atoms with E-state index in [0.717, 1.165) is 30.5 Å². The van der Waals surface area contributed by atoms with Gasteiger partial charge in [0.15, 0.2) is 0 Å². The maximum absolute atomic E-state index is 5.41. The molecule has 0 N–H and O–H groups in total. The summed E-state index contributed by atoms with van der Waals surface area (Å²) in [7, 11) is 0. The van der Waals surface area contributed by atoms with Crippen LogP contribution in [0.15, 0.2) is 34.8 Å². The molecule has 14 heavy (non-hydrogen) atoms. The van der Waals surface area contributed by atoms with Gasteiger partial charge >= 0.3 is 0 Å². The minimum absolute atomic E-state index is 0.849. The summed E-state index contributed by atoms with van der Waals surface area (Å²) in [5, 5.41) is 0. The Bertz CT molecular complexity index is 327. The highest BCUT2D eigenvalue weighted by Crippen LogP contribution is 2.22. The molecule has 0 saturated carbocycles. The smallest absolute Gasteiger partial charge is 0.0506 e. The van der Waals surface area contributed by atoms with Crippen molar-refractivity contribution in [2.75, 3.05) is 13.2 Å². The van der Waals surface area contributed by atoms with Crippen LogP contribution in [0.2, 0.25) is 0 Å². The summed E-state index contributed by atoms with van der Waals surface area (Å²) in [6.07, 6.45) is 4.35. The molecule has 0 amide bonds. The summed E-state index contributed by atoms with van der Waals surface area (Å²) in [4.78, 5) is 0. The summed E-state index contributed by atoms with van der Waals surface area (Å²) in [6, 6.07) is 8.48. The van der Waals surface area contributed by atoms with E-state index in [1.807, 2.05) is 0 Å². The van der Waals surface area contributed by atoms with Gasteiger partial charge in [0.25, 0.3) is 0 Å². The first kappa shape index (κ1) is 9.94. The average molecular weight is 253 g/mol. The normalized spacial score (nSPS) is 17.4. The first-order chi connectivity index (χ1) is 6.86. The molecule has 1 nitrogen and oxygen atoms in total. The lowest BCUT2D eigenvalue weighted by Crippen LogP contribution is -1.92. The summed E-state index contributed by atoms with van der Waals surface area (Å²) in [5.74, 6) is 0. The molecule has 74 valence electrons. The highest BCUT2D eigenvalue weighted by atomic mass is 79.9. The fourth-order valence-electron chi connectivity index (χ4n) is 1.63. The monoisotopic (exact) mass is 252 g/mol. The van der Waals surface area contributed by atoms with Gasteiger partial charge in [-0.25, -0.2) is 0 Å². The van der Waals surface area contributed by atoms with E-state index in [2.05, 4.69) is 46.3 Å². The van der Waals surface area contributed by atoms with Crippen LogP contribution in [0.4, 0.5) is 0 Å². The van der Waals surface area contributed by atoms with Gasteiger partial charge < -0.3 is 4.74 Å². The van der Waals surface area contributed by atoms with Crippen LogP contribution in [0.3, 0.4) is 0 Å². The van der Waals surface area contributed by atoms with Crippen LogP contribution in [-0.2, 0) is 4.74 Å². The van der Waals surface area contributed by atoms with E-state index < -0.39 is 0 Å². The second-order valence-electron chi connectivity index (χ2n) is 3.39. The van der Waals surface area contributed by atoms with Gasteiger partial charge in [0.05, 0.1) is 13.2 Å². The van der Waals surface area contributed by atoms with Gasteiger partial charge in [0.2, 0.25) is 0 Å². The lowest BCUT2D eigenvalue weighted by Gasteiger charge is -2.04. The number of ether oxygens (including phenoxy) is 1. The van der Waals surface area contributed by atoms with Gasteiger partial charge in [0.1, 0.15) is 0 Å². The lowest BCUT2D eigenvalue weighted by molar-refractivity contribution is 0.148. The van der Waals surface area contributed by atoms with E-state index in [1.165, 1.54) is 11.1 Å². The number of hydrogen-bond donors (Lipinski definition) is 0. The summed E-state index contributed by atoms with van der Waals surface area (Å²) >= 11 is 3.44. The molecule has 2 rings (SSSR count). The molecule has 1 heterocycles. The third-order valence-corrected chi connectivity index (χ3v) is 2.91. The van der Waals surface area contributed by atoms with Crippen LogP contribution in [0.25, 0.3) is 5.57 Å². The Hall–Kier alpha value is -0.600. The van der Waals surface area contributed by atoms with Crippen molar-refractivity contribution in [3.63, 3.8) is 0 Å². The molecular formula is C12H13BrO. The molecule has 0 fully saturated rings. The van der Waals surface area contributed by atoms with Crippen molar-refractivity contribution in [3.05, 3.63) is 40.4 Å². The summed E-state index contributed by atoms with van der Waals surface area (Å²) in [6.45, 7) is 1.71. The van der Waals surface area contributed by atoms with E-state index in [9.17, 15) is 0 Å². The topological polar surface area (TPSA) is 9.23 Å². The molecule has 0 spiro atoms. The molecule has 1 aliphatic heterocycles. The summed E-state index contributed by atoms with van der Waals surface area (Å²) in [5.41, 5.74) is 2.73. The predicted octanol–water partition coefficient (Wildman–Crippen LogP) is 3.64. The van der Waals surface area contributed by atoms with Gasteiger partial charge in [-0.05, 0) is 36.1 Å². The Balaban J connectivity index is 2.20. The van der Waals surface area contributed by atoms with Crippen molar-refractivity contribution >= 4 is 21.5 Å². The molecule has 0 atom stereocenters. The molecule has 1 aromatic carbocycles. The van der Waals surface area contributed by atoms with Crippen LogP contribution in [0.1, 0.15) is 18.4 Å². The maximum Gasteiger partial charge on any atom is 0.0506 e. The van der Waals surface area contributed by atoms with Gasteiger partial charge in [-0.3, -0.25) is 0 Å². The molecule has 0 bridgehead atoms. The number of rotatable bonds is 1. The molecular weight excluding hydrogens is 240 g/mol. The number of halogens is 1. The number of benzene rings is 1. The molecule has 0 radical (unpaired) electrons. The fourth-order valence-corrected chi connectivity index (χ4v) is 1.89. The lowest BCUT2D eigenvalue weighted by atomic mass is 10.0. The molecule has 0 aliphatic carbocycles. The van der Waals surface area contributed by atoms with Crippen molar-refractivity contribution in [2.45, 2.75) is 12.8 Å². The first-order valence-electron chi connectivity index (χ1n) is 4.89. The highest BCUT2D eigenvalue weighted by molar-refractivity contribution is 9.10. The Morgan fingerprint density at radius 3 is 2.64 bits per heavy atom. The van der Waals surface area contributed by atoms with Gasteiger partial charge in [0, 0.05) is 4.47 Å². The van der Waals surface area contributed by atoms with Crippen molar-refractivity contribution < 1.29 is 4.74 Å². The van der Waals surface area contributed by atoms with Crippen LogP contribution in [0.5, 0.6) is 0 Å². The zero-order valence-electron chi connectivity index (χ0n) is 8.00. The molecule has 0 saturated heterocycles. The van der Waals surface area contributed by atoms with Crippen molar-refractivity contribution in [1.82, 2.24) is 0 Å². The third kappa shape index (κ3) is 2.46. The van der Waals surface area contributed by atoms with E-state index in [0.29, 0.717) is 0 Å². The third-order valence-electron chi connectivity index (χ3n) is 2.38. The second-order valence-corrected chi connectivity index (χ2v) is 4.30. The van der Waals surface area contributed by atoms with E-state index in [-0.39, 0.29) is 0 Å². The molecule has 0 unspecified atom stereocenters. The van der Waals surface area contributed by atoms with Crippen LogP contribution in [-0.4, -0.2) is 13.2 Å². The van der Waals surface area contributed by atoms with Crippen LogP contribution < -0.4 is 0 Å². The van der Waals surface area contributed by atoms with Gasteiger partial charge in [-0.15, -0.1) is 0 Å². The average Bonchev–Trinajstić information content (AvgIpc) is 2.47. The largest absolute Gasteiger partial charge is 0.381 e. The summed E-state index contributed by atoms with van der Waals surface area (Å²) < 4.78 is 6.54. The Morgan fingerprint density at radius 2 is 1.86 bits per heavy atom.